The summed E-state index contributed by atoms with van der Waals surface area (Å²) < 4.78 is 5.47. The molecule has 0 fully saturated rings. The van der Waals surface area contributed by atoms with Crippen LogP contribution in [0.15, 0.2) is 48.6 Å². The predicted octanol–water partition coefficient (Wildman–Crippen LogP) is 21.7. The van der Waals surface area contributed by atoms with E-state index in [0.29, 0.717) is 19.4 Å². The monoisotopic (exact) mass is 1070 g/mol. The number of nitrogens with one attached hydrogen (secondary N) is 1. The summed E-state index contributed by atoms with van der Waals surface area (Å²) in [7, 11) is 0. The molecule has 0 saturated carbocycles. The van der Waals surface area contributed by atoms with Crippen LogP contribution in [-0.2, 0) is 14.3 Å². The van der Waals surface area contributed by atoms with Crippen LogP contribution in [0.3, 0.4) is 0 Å². The third-order valence-electron chi connectivity index (χ3n) is 15.6. The largest absolute Gasteiger partial charge is 0.466 e. The molecular weight excluding hydrogens is 935 g/mol. The molecule has 3 N–H and O–H groups in total. The van der Waals surface area contributed by atoms with E-state index in [0.717, 1.165) is 51.4 Å². The van der Waals surface area contributed by atoms with Gasteiger partial charge < -0.3 is 20.3 Å². The third kappa shape index (κ3) is 61.0. The minimum Gasteiger partial charge on any atom is -0.466 e. The fourth-order valence-corrected chi connectivity index (χ4v) is 10.4. The standard InChI is InChI=1S/C70H131NO5/c1-3-5-7-9-11-13-15-42-46-50-54-58-62-68(73)67(66-72)71-69(74)63-59-55-51-47-43-40-38-36-34-32-30-28-26-24-22-20-18-17-19-21-23-25-27-29-31-33-35-37-39-41-45-49-53-57-61-65-76-70(75)64-60-56-52-48-44-16-14-12-10-8-6-4-2/h12,14,19,21,25,27,58,62,67-68,72-73H,3-11,13,15-18,20,22-24,26,28-57,59-61,63-66H2,1-2H3,(H,71,74)/b14-12-,21-19-,27-25-,62-58+. The molecule has 2 atom stereocenters. The Morgan fingerprint density at radius 2 is 0.658 bits per heavy atom. The van der Waals surface area contributed by atoms with E-state index in [9.17, 15) is 19.8 Å². The number of hydrogen-bond donors (Lipinski definition) is 3. The van der Waals surface area contributed by atoms with Crippen molar-refractivity contribution in [2.75, 3.05) is 13.2 Å². The van der Waals surface area contributed by atoms with Gasteiger partial charge >= 0.3 is 5.97 Å². The Morgan fingerprint density at radius 3 is 1.04 bits per heavy atom. The summed E-state index contributed by atoms with van der Waals surface area (Å²) in [5, 5.41) is 23.1. The second-order valence-corrected chi connectivity index (χ2v) is 23.1. The molecule has 0 spiro atoms. The average molecular weight is 1070 g/mol. The highest BCUT2D eigenvalue weighted by Crippen LogP contribution is 2.17. The molecular formula is C70H131NO5. The molecule has 0 radical (unpaired) electrons. The van der Waals surface area contributed by atoms with Gasteiger partial charge in [0.2, 0.25) is 5.91 Å². The van der Waals surface area contributed by atoms with Crippen LogP contribution in [0.4, 0.5) is 0 Å². The van der Waals surface area contributed by atoms with Gasteiger partial charge in [0.15, 0.2) is 0 Å². The number of esters is 1. The van der Waals surface area contributed by atoms with E-state index in [2.05, 4.69) is 55.6 Å². The number of amides is 1. The zero-order valence-corrected chi connectivity index (χ0v) is 51.0. The van der Waals surface area contributed by atoms with Gasteiger partial charge in [-0.15, -0.1) is 0 Å². The number of carbonyl (C=O) groups is 2. The predicted molar refractivity (Wildman–Crippen MR) is 333 cm³/mol. The normalized spacial score (nSPS) is 12.8. The van der Waals surface area contributed by atoms with Gasteiger partial charge in [-0.3, -0.25) is 9.59 Å². The molecule has 0 aliphatic carbocycles. The van der Waals surface area contributed by atoms with E-state index >= 15 is 0 Å². The van der Waals surface area contributed by atoms with Crippen molar-refractivity contribution in [3.05, 3.63) is 48.6 Å². The molecule has 76 heavy (non-hydrogen) atoms. The summed E-state index contributed by atoms with van der Waals surface area (Å²) in [5.41, 5.74) is 0. The van der Waals surface area contributed by atoms with Crippen LogP contribution in [0.25, 0.3) is 0 Å². The summed E-state index contributed by atoms with van der Waals surface area (Å²) in [6.45, 7) is 4.88. The van der Waals surface area contributed by atoms with Gasteiger partial charge in [-0.1, -0.05) is 306 Å². The maximum atomic E-state index is 12.4. The minimum absolute atomic E-state index is 0.00622. The van der Waals surface area contributed by atoms with Gasteiger partial charge in [0.05, 0.1) is 25.4 Å². The van der Waals surface area contributed by atoms with Gasteiger partial charge in [0, 0.05) is 12.8 Å². The number of rotatable bonds is 63. The van der Waals surface area contributed by atoms with Crippen molar-refractivity contribution in [3.8, 4) is 0 Å². The Balaban J connectivity index is 3.38. The lowest BCUT2D eigenvalue weighted by Crippen LogP contribution is -2.45. The van der Waals surface area contributed by atoms with Crippen molar-refractivity contribution in [1.82, 2.24) is 5.32 Å². The number of hydrogen-bond acceptors (Lipinski definition) is 5. The average Bonchev–Trinajstić information content (AvgIpc) is 3.42. The lowest BCUT2D eigenvalue weighted by Gasteiger charge is -2.20. The van der Waals surface area contributed by atoms with Gasteiger partial charge in [0.1, 0.15) is 0 Å². The Kier molecular flexibility index (Phi) is 63.5. The zero-order chi connectivity index (χ0) is 55.0. The van der Waals surface area contributed by atoms with E-state index in [4.69, 9.17) is 4.74 Å². The molecule has 0 bridgehead atoms. The van der Waals surface area contributed by atoms with Gasteiger partial charge in [-0.05, 0) is 89.9 Å². The number of ether oxygens (including phenoxy) is 1. The van der Waals surface area contributed by atoms with Crippen LogP contribution >= 0.6 is 0 Å². The molecule has 1 amide bonds. The highest BCUT2D eigenvalue weighted by molar-refractivity contribution is 5.76. The van der Waals surface area contributed by atoms with E-state index in [1.807, 2.05) is 6.08 Å². The lowest BCUT2D eigenvalue weighted by molar-refractivity contribution is -0.143. The molecule has 6 heteroatoms. The highest BCUT2D eigenvalue weighted by Gasteiger charge is 2.18. The first-order valence-corrected chi connectivity index (χ1v) is 33.9. The molecule has 0 aliphatic heterocycles. The Labute approximate surface area is 474 Å². The number of aliphatic hydroxyl groups is 2. The molecule has 446 valence electrons. The van der Waals surface area contributed by atoms with Gasteiger partial charge in [0.25, 0.3) is 0 Å². The Hall–Kier alpha value is -2.18. The molecule has 0 heterocycles. The maximum Gasteiger partial charge on any atom is 0.305 e. The zero-order valence-electron chi connectivity index (χ0n) is 51.0. The number of carbonyl (C=O) groups excluding carboxylic acids is 2. The van der Waals surface area contributed by atoms with Crippen LogP contribution in [0.5, 0.6) is 0 Å². The topological polar surface area (TPSA) is 95.9 Å². The third-order valence-corrected chi connectivity index (χ3v) is 15.6. The van der Waals surface area contributed by atoms with Crippen LogP contribution in [0, 0.1) is 0 Å². The summed E-state index contributed by atoms with van der Waals surface area (Å²) in [4.78, 5) is 24.5. The fourth-order valence-electron chi connectivity index (χ4n) is 10.4. The van der Waals surface area contributed by atoms with Crippen LogP contribution in [0.1, 0.15) is 361 Å². The fraction of sp³-hybridized carbons (Fsp3) is 0.857. The first-order valence-electron chi connectivity index (χ1n) is 33.9. The summed E-state index contributed by atoms with van der Waals surface area (Å²) in [6.07, 6.45) is 84.8. The van der Waals surface area contributed by atoms with E-state index in [-0.39, 0.29) is 18.5 Å². The summed E-state index contributed by atoms with van der Waals surface area (Å²) >= 11 is 0. The molecule has 0 aromatic carbocycles. The van der Waals surface area contributed by atoms with Crippen molar-refractivity contribution < 1.29 is 24.5 Å². The van der Waals surface area contributed by atoms with Crippen molar-refractivity contribution in [1.29, 1.82) is 0 Å². The SMILES string of the molecule is CCCCC/C=C\CCCCCCCC(=O)OCCCCCCCCCCCCC/C=C\C/C=C\CCCCCCCCCCCCCCCCCCCC(=O)NC(CO)C(O)/C=C/CCCCCCCCCCCC. The molecule has 6 nitrogen and oxygen atoms in total. The number of unbranched alkanes of at least 4 members (excludes halogenated alkanes) is 46. The highest BCUT2D eigenvalue weighted by atomic mass is 16.5. The van der Waals surface area contributed by atoms with Gasteiger partial charge in [-0.2, -0.15) is 0 Å². The van der Waals surface area contributed by atoms with Crippen molar-refractivity contribution >= 4 is 11.9 Å². The first kappa shape index (κ1) is 73.8. The van der Waals surface area contributed by atoms with Crippen molar-refractivity contribution in [2.45, 2.75) is 373 Å². The van der Waals surface area contributed by atoms with E-state index in [1.165, 1.54) is 283 Å². The van der Waals surface area contributed by atoms with Crippen molar-refractivity contribution in [3.63, 3.8) is 0 Å². The Bertz CT molecular complexity index is 1270. The van der Waals surface area contributed by atoms with Crippen LogP contribution in [-0.4, -0.2) is 47.4 Å². The second kappa shape index (κ2) is 65.3. The lowest BCUT2D eigenvalue weighted by atomic mass is 10.0. The molecule has 0 aromatic rings. The van der Waals surface area contributed by atoms with Crippen LogP contribution < -0.4 is 5.32 Å². The second-order valence-electron chi connectivity index (χ2n) is 23.1. The molecule has 0 rings (SSSR count). The Morgan fingerprint density at radius 1 is 0.368 bits per heavy atom. The maximum absolute atomic E-state index is 12.4. The minimum atomic E-state index is -0.842. The first-order chi connectivity index (χ1) is 37.5. The summed E-state index contributed by atoms with van der Waals surface area (Å²) in [5.74, 6) is -0.0593. The van der Waals surface area contributed by atoms with E-state index < -0.39 is 12.1 Å². The van der Waals surface area contributed by atoms with Crippen molar-refractivity contribution in [2.24, 2.45) is 0 Å². The smallest absolute Gasteiger partial charge is 0.305 e. The molecule has 0 aliphatic rings. The molecule has 2 unspecified atom stereocenters. The summed E-state index contributed by atoms with van der Waals surface area (Å²) in [6, 6.07) is -0.625. The van der Waals surface area contributed by atoms with E-state index in [1.54, 1.807) is 6.08 Å². The number of aliphatic hydroxyl groups excluding tert-OH is 2. The molecule has 0 aromatic heterocycles. The number of allylic oxidation sites excluding steroid dienone is 7. The van der Waals surface area contributed by atoms with Gasteiger partial charge in [-0.25, -0.2) is 0 Å². The quantitative estimate of drug-likeness (QED) is 0.0320. The van der Waals surface area contributed by atoms with Crippen LogP contribution in [0.2, 0.25) is 0 Å². The molecule has 0 saturated heterocycles.